The molecule has 3 nitrogen and oxygen atoms in total. The van der Waals surface area contributed by atoms with Crippen LogP contribution in [0.1, 0.15) is 28.9 Å². The van der Waals surface area contributed by atoms with Crippen LogP contribution in [0.4, 0.5) is 4.39 Å². The summed E-state index contributed by atoms with van der Waals surface area (Å²) >= 11 is 0. The van der Waals surface area contributed by atoms with Gasteiger partial charge in [0.05, 0.1) is 17.1 Å². The molecule has 0 aliphatic rings. The van der Waals surface area contributed by atoms with Crippen molar-refractivity contribution in [2.24, 2.45) is 0 Å². The Hall–Kier alpha value is -2.75. The molecule has 0 saturated carbocycles. The summed E-state index contributed by atoms with van der Waals surface area (Å²) in [5, 5.41) is 3.82. The van der Waals surface area contributed by atoms with Crippen LogP contribution in [0, 0.1) is 5.82 Å². The third kappa shape index (κ3) is 2.96. The van der Waals surface area contributed by atoms with Gasteiger partial charge in [-0.2, -0.15) is 0 Å². The average Bonchev–Trinajstić information content (AvgIpc) is 2.55. The second-order valence-electron chi connectivity index (χ2n) is 5.16. The van der Waals surface area contributed by atoms with E-state index in [9.17, 15) is 9.18 Å². The van der Waals surface area contributed by atoms with Crippen molar-refractivity contribution in [1.82, 2.24) is 10.3 Å². The van der Waals surface area contributed by atoms with E-state index in [1.54, 1.807) is 18.3 Å². The molecule has 0 saturated heterocycles. The average molecular weight is 294 g/mol. The molecule has 0 bridgehead atoms. The second kappa shape index (κ2) is 5.93. The molecule has 1 atom stereocenters. The molecule has 2 aromatic carbocycles. The van der Waals surface area contributed by atoms with Crippen LogP contribution in [0.5, 0.6) is 0 Å². The molecule has 1 N–H and O–H groups in total. The zero-order valence-corrected chi connectivity index (χ0v) is 12.1. The van der Waals surface area contributed by atoms with E-state index >= 15 is 0 Å². The molecule has 4 heteroatoms. The van der Waals surface area contributed by atoms with Crippen LogP contribution in [-0.2, 0) is 0 Å². The van der Waals surface area contributed by atoms with Crippen molar-refractivity contribution in [3.05, 3.63) is 77.7 Å². The Morgan fingerprint density at radius 3 is 2.64 bits per heavy atom. The van der Waals surface area contributed by atoms with Crippen molar-refractivity contribution < 1.29 is 9.18 Å². The van der Waals surface area contributed by atoms with Crippen LogP contribution in [0.25, 0.3) is 10.9 Å². The fourth-order valence-electron chi connectivity index (χ4n) is 2.31. The number of benzene rings is 2. The Morgan fingerprint density at radius 1 is 1.14 bits per heavy atom. The number of para-hydroxylation sites is 1. The first-order valence-corrected chi connectivity index (χ1v) is 7.04. The zero-order chi connectivity index (χ0) is 15.5. The first kappa shape index (κ1) is 14.2. The number of fused-ring (bicyclic) bond motifs is 1. The summed E-state index contributed by atoms with van der Waals surface area (Å²) in [6.07, 6.45) is 1.56. The SMILES string of the molecule is CC(NC(=O)c1cnc2ccccc2c1)c1ccc(F)cc1. The molecule has 22 heavy (non-hydrogen) atoms. The number of aromatic nitrogens is 1. The molecule has 1 heterocycles. The minimum absolute atomic E-state index is 0.199. The molecule has 0 spiro atoms. The third-order valence-electron chi connectivity index (χ3n) is 3.57. The minimum atomic E-state index is -0.291. The van der Waals surface area contributed by atoms with Gasteiger partial charge in [-0.25, -0.2) is 4.39 Å². The lowest BCUT2D eigenvalue weighted by Gasteiger charge is -2.14. The van der Waals surface area contributed by atoms with Crippen molar-refractivity contribution in [3.63, 3.8) is 0 Å². The van der Waals surface area contributed by atoms with Gasteiger partial charge in [-0.15, -0.1) is 0 Å². The Kier molecular flexibility index (Phi) is 3.83. The number of amides is 1. The van der Waals surface area contributed by atoms with Crippen molar-refractivity contribution >= 4 is 16.8 Å². The van der Waals surface area contributed by atoms with Crippen LogP contribution in [0.2, 0.25) is 0 Å². The molecule has 110 valence electrons. The topological polar surface area (TPSA) is 42.0 Å². The monoisotopic (exact) mass is 294 g/mol. The van der Waals surface area contributed by atoms with E-state index in [0.29, 0.717) is 5.56 Å². The standard InChI is InChI=1S/C18H15FN2O/c1-12(13-6-8-16(19)9-7-13)21-18(22)15-10-14-4-2-3-5-17(14)20-11-15/h2-12H,1H3,(H,21,22). The van der Waals surface area contributed by atoms with Crippen molar-refractivity contribution in [1.29, 1.82) is 0 Å². The Morgan fingerprint density at radius 2 is 1.86 bits per heavy atom. The van der Waals surface area contributed by atoms with E-state index in [4.69, 9.17) is 0 Å². The van der Waals surface area contributed by atoms with Gasteiger partial charge in [-0.1, -0.05) is 30.3 Å². The number of hydrogen-bond acceptors (Lipinski definition) is 2. The predicted molar refractivity (Wildman–Crippen MR) is 84.0 cm³/mol. The second-order valence-corrected chi connectivity index (χ2v) is 5.16. The third-order valence-corrected chi connectivity index (χ3v) is 3.57. The van der Waals surface area contributed by atoms with Gasteiger partial charge in [0, 0.05) is 11.6 Å². The first-order chi connectivity index (χ1) is 10.6. The van der Waals surface area contributed by atoms with Gasteiger partial charge in [-0.05, 0) is 36.8 Å². The molecule has 0 fully saturated rings. The number of carbonyl (C=O) groups excluding carboxylic acids is 1. The van der Waals surface area contributed by atoms with E-state index in [1.807, 2.05) is 37.3 Å². The molecule has 3 aromatic rings. The summed E-state index contributed by atoms with van der Waals surface area (Å²) in [6, 6.07) is 15.3. The lowest BCUT2D eigenvalue weighted by Crippen LogP contribution is -2.26. The maximum atomic E-state index is 12.9. The van der Waals surface area contributed by atoms with Gasteiger partial charge in [0.2, 0.25) is 0 Å². The van der Waals surface area contributed by atoms with Crippen LogP contribution in [-0.4, -0.2) is 10.9 Å². The predicted octanol–water partition coefficient (Wildman–Crippen LogP) is 3.86. The van der Waals surface area contributed by atoms with E-state index in [-0.39, 0.29) is 17.8 Å². The number of rotatable bonds is 3. The van der Waals surface area contributed by atoms with Gasteiger partial charge in [0.15, 0.2) is 0 Å². The summed E-state index contributed by atoms with van der Waals surface area (Å²) in [5.74, 6) is -0.490. The van der Waals surface area contributed by atoms with Crippen LogP contribution < -0.4 is 5.32 Å². The molecule has 0 radical (unpaired) electrons. The summed E-state index contributed by atoms with van der Waals surface area (Å²) < 4.78 is 12.9. The minimum Gasteiger partial charge on any atom is -0.345 e. The summed E-state index contributed by atoms with van der Waals surface area (Å²) in [6.45, 7) is 1.86. The van der Waals surface area contributed by atoms with Crippen LogP contribution in [0.15, 0.2) is 60.8 Å². The molecule has 1 aromatic heterocycles. The number of pyridine rings is 1. The first-order valence-electron chi connectivity index (χ1n) is 7.04. The Bertz CT molecular complexity index is 815. The number of halogens is 1. The summed E-state index contributed by atoms with van der Waals surface area (Å²) in [4.78, 5) is 16.6. The molecular weight excluding hydrogens is 279 g/mol. The molecular formula is C18H15FN2O. The Balaban J connectivity index is 1.79. The van der Waals surface area contributed by atoms with Gasteiger partial charge < -0.3 is 5.32 Å². The highest BCUT2D eigenvalue weighted by molar-refractivity contribution is 5.97. The fraction of sp³-hybridized carbons (Fsp3) is 0.111. The number of carbonyl (C=O) groups is 1. The number of nitrogens with one attached hydrogen (secondary N) is 1. The normalized spacial score (nSPS) is 12.1. The van der Waals surface area contributed by atoms with Gasteiger partial charge in [0.25, 0.3) is 5.91 Å². The summed E-state index contributed by atoms with van der Waals surface area (Å²) in [5.41, 5.74) is 2.21. The van der Waals surface area contributed by atoms with Gasteiger partial charge in [-0.3, -0.25) is 9.78 Å². The molecule has 1 unspecified atom stereocenters. The van der Waals surface area contributed by atoms with Crippen LogP contribution >= 0.6 is 0 Å². The molecule has 1 amide bonds. The smallest absolute Gasteiger partial charge is 0.253 e. The zero-order valence-electron chi connectivity index (χ0n) is 12.1. The van der Waals surface area contributed by atoms with Crippen molar-refractivity contribution in [2.75, 3.05) is 0 Å². The van der Waals surface area contributed by atoms with Crippen molar-refractivity contribution in [2.45, 2.75) is 13.0 Å². The highest BCUT2D eigenvalue weighted by Gasteiger charge is 2.12. The maximum absolute atomic E-state index is 12.9. The summed E-state index contributed by atoms with van der Waals surface area (Å²) in [7, 11) is 0. The van der Waals surface area contributed by atoms with Gasteiger partial charge in [0.1, 0.15) is 5.82 Å². The fourth-order valence-corrected chi connectivity index (χ4v) is 2.31. The van der Waals surface area contributed by atoms with E-state index in [1.165, 1.54) is 12.1 Å². The molecule has 0 aliphatic heterocycles. The van der Waals surface area contributed by atoms with Crippen LogP contribution in [0.3, 0.4) is 0 Å². The van der Waals surface area contributed by atoms with E-state index < -0.39 is 0 Å². The lowest BCUT2D eigenvalue weighted by molar-refractivity contribution is 0.0939. The maximum Gasteiger partial charge on any atom is 0.253 e. The highest BCUT2D eigenvalue weighted by Crippen LogP contribution is 2.16. The number of nitrogens with zero attached hydrogens (tertiary/aromatic N) is 1. The molecule has 3 rings (SSSR count). The van der Waals surface area contributed by atoms with Gasteiger partial charge >= 0.3 is 0 Å². The highest BCUT2D eigenvalue weighted by atomic mass is 19.1. The van der Waals surface area contributed by atoms with Crippen molar-refractivity contribution in [3.8, 4) is 0 Å². The molecule has 0 aliphatic carbocycles. The van der Waals surface area contributed by atoms with E-state index in [2.05, 4.69) is 10.3 Å². The largest absolute Gasteiger partial charge is 0.345 e. The quantitative estimate of drug-likeness (QED) is 0.797. The van der Waals surface area contributed by atoms with E-state index in [0.717, 1.165) is 16.5 Å². The lowest BCUT2D eigenvalue weighted by atomic mass is 10.1. The Labute approximate surface area is 127 Å². The number of hydrogen-bond donors (Lipinski definition) is 1.